The Morgan fingerprint density at radius 1 is 1.18 bits per heavy atom. The molecule has 0 heterocycles. The molecule has 0 aliphatic heterocycles. The van der Waals surface area contributed by atoms with Crippen LogP contribution in [0.25, 0.3) is 0 Å². The summed E-state index contributed by atoms with van der Waals surface area (Å²) in [6.45, 7) is 2.18. The first-order valence-corrected chi connectivity index (χ1v) is 7.95. The number of unbranched alkanes of at least 4 members (excludes halogenated alkanes) is 2. The quantitative estimate of drug-likeness (QED) is 0.409. The van der Waals surface area contributed by atoms with Crippen molar-refractivity contribution in [3.05, 3.63) is 42.5 Å². The predicted octanol–water partition coefficient (Wildman–Crippen LogP) is 3.07. The van der Waals surface area contributed by atoms with Crippen LogP contribution in [0, 0.1) is 0 Å². The van der Waals surface area contributed by atoms with Crippen LogP contribution in [-0.4, -0.2) is 19.6 Å². The molecule has 0 saturated carbocycles. The third kappa shape index (κ3) is 7.14. The van der Waals surface area contributed by atoms with Crippen LogP contribution in [0.3, 0.4) is 0 Å². The molecule has 1 aromatic carbocycles. The Morgan fingerprint density at radius 3 is 2.59 bits per heavy atom. The maximum absolute atomic E-state index is 11.7. The number of hydrogen-bond acceptors (Lipinski definition) is 1. The van der Waals surface area contributed by atoms with E-state index in [4.69, 9.17) is 0 Å². The van der Waals surface area contributed by atoms with Crippen molar-refractivity contribution in [2.24, 2.45) is 0 Å². The molecule has 0 atom stereocenters. The van der Waals surface area contributed by atoms with E-state index in [-0.39, 0.29) is 15.0 Å². The Bertz CT molecular complexity index is 343. The van der Waals surface area contributed by atoms with Gasteiger partial charge in [0, 0.05) is 0 Å². The molecule has 0 saturated heterocycles. The SMILES string of the molecule is CCC/C=C/CCCC(=O)[Se]c1ccccc1. The predicted molar refractivity (Wildman–Crippen MR) is 74.7 cm³/mol. The van der Waals surface area contributed by atoms with Gasteiger partial charge in [0.15, 0.2) is 0 Å². The van der Waals surface area contributed by atoms with Gasteiger partial charge < -0.3 is 0 Å². The van der Waals surface area contributed by atoms with Crippen LogP contribution in [0.5, 0.6) is 0 Å². The van der Waals surface area contributed by atoms with Crippen molar-refractivity contribution in [2.45, 2.75) is 39.0 Å². The van der Waals surface area contributed by atoms with Gasteiger partial charge >= 0.3 is 110 Å². The molecule has 0 aliphatic carbocycles. The Morgan fingerprint density at radius 2 is 1.88 bits per heavy atom. The molecule has 0 spiro atoms. The topological polar surface area (TPSA) is 17.1 Å². The van der Waals surface area contributed by atoms with Crippen LogP contribution in [-0.2, 0) is 4.79 Å². The zero-order chi connectivity index (χ0) is 12.3. The number of hydrogen-bond donors (Lipinski definition) is 0. The van der Waals surface area contributed by atoms with E-state index < -0.39 is 0 Å². The van der Waals surface area contributed by atoms with Gasteiger partial charge in [0.05, 0.1) is 0 Å². The van der Waals surface area contributed by atoms with E-state index in [1.807, 2.05) is 30.3 Å². The van der Waals surface area contributed by atoms with Gasteiger partial charge in [-0.15, -0.1) is 0 Å². The minimum atomic E-state index is 0.00833. The monoisotopic (exact) mass is 296 g/mol. The van der Waals surface area contributed by atoms with Gasteiger partial charge in [-0.1, -0.05) is 0 Å². The van der Waals surface area contributed by atoms with E-state index in [2.05, 4.69) is 19.1 Å². The van der Waals surface area contributed by atoms with E-state index in [0.717, 1.165) is 25.7 Å². The van der Waals surface area contributed by atoms with Crippen LogP contribution in [0.4, 0.5) is 0 Å². The molecule has 0 unspecified atom stereocenters. The summed E-state index contributed by atoms with van der Waals surface area (Å²) in [5.41, 5.74) is 0. The molecule has 0 aliphatic rings. The Hall–Kier alpha value is -0.851. The van der Waals surface area contributed by atoms with Gasteiger partial charge in [-0.2, -0.15) is 0 Å². The van der Waals surface area contributed by atoms with Crippen molar-refractivity contribution in [3.8, 4) is 0 Å². The summed E-state index contributed by atoms with van der Waals surface area (Å²) in [7, 11) is 0. The van der Waals surface area contributed by atoms with Crippen LogP contribution >= 0.6 is 0 Å². The second-order valence-corrected chi connectivity index (χ2v) is 6.31. The van der Waals surface area contributed by atoms with Gasteiger partial charge in [0.2, 0.25) is 0 Å². The molecule has 0 fully saturated rings. The van der Waals surface area contributed by atoms with Crippen molar-refractivity contribution in [3.63, 3.8) is 0 Å². The van der Waals surface area contributed by atoms with Crippen LogP contribution < -0.4 is 4.46 Å². The average Bonchev–Trinajstić information content (AvgIpc) is 2.35. The van der Waals surface area contributed by atoms with Crippen LogP contribution in [0.2, 0.25) is 0 Å². The fraction of sp³-hybridized carbons (Fsp3) is 0.400. The van der Waals surface area contributed by atoms with Crippen LogP contribution in [0.1, 0.15) is 39.0 Å². The van der Waals surface area contributed by atoms with E-state index in [1.165, 1.54) is 10.9 Å². The second-order valence-electron chi connectivity index (χ2n) is 3.94. The molecule has 1 aromatic rings. The van der Waals surface area contributed by atoms with E-state index in [1.54, 1.807) is 0 Å². The first-order valence-electron chi connectivity index (χ1n) is 6.23. The molecule has 92 valence electrons. The van der Waals surface area contributed by atoms with Crippen LogP contribution in [0.15, 0.2) is 42.5 Å². The summed E-state index contributed by atoms with van der Waals surface area (Å²) in [4.78, 5) is 11.7. The van der Waals surface area contributed by atoms with E-state index in [9.17, 15) is 4.79 Å². The maximum atomic E-state index is 11.7. The Balaban J connectivity index is 2.14. The minimum absolute atomic E-state index is 0.00833. The first kappa shape index (κ1) is 14.2. The molecular weight excluding hydrogens is 275 g/mol. The van der Waals surface area contributed by atoms with Crippen molar-refractivity contribution >= 4 is 24.1 Å². The van der Waals surface area contributed by atoms with Crippen molar-refractivity contribution in [1.82, 2.24) is 0 Å². The molecule has 1 nitrogen and oxygen atoms in total. The number of carbonyl (C=O) groups is 1. The normalized spacial score (nSPS) is 10.9. The summed E-state index contributed by atoms with van der Waals surface area (Å²) in [5, 5.41) is 0. The zero-order valence-corrected chi connectivity index (χ0v) is 12.1. The molecular formula is C15H20OSe. The number of allylic oxidation sites excluding steroid dienone is 2. The standard InChI is InChI=1S/C15H20OSe/c1-2-3-4-5-6-10-13-15(16)17-14-11-8-7-9-12-14/h4-5,7-9,11-12H,2-3,6,10,13H2,1H3/b5-4+. The number of rotatable bonds is 8. The molecule has 1 rings (SSSR count). The fourth-order valence-electron chi connectivity index (χ4n) is 1.44. The first-order chi connectivity index (χ1) is 8.33. The van der Waals surface area contributed by atoms with Crippen molar-refractivity contribution < 1.29 is 4.79 Å². The van der Waals surface area contributed by atoms with E-state index >= 15 is 0 Å². The molecule has 0 bridgehead atoms. The summed E-state index contributed by atoms with van der Waals surface area (Å²) >= 11 is 0.00833. The van der Waals surface area contributed by atoms with Gasteiger partial charge in [-0.05, 0) is 0 Å². The van der Waals surface area contributed by atoms with Gasteiger partial charge in [-0.25, -0.2) is 0 Å². The van der Waals surface area contributed by atoms with Gasteiger partial charge in [0.25, 0.3) is 0 Å². The average molecular weight is 295 g/mol. The molecule has 0 amide bonds. The number of carbonyl (C=O) groups excluding carboxylic acids is 1. The molecule has 0 aromatic heterocycles. The van der Waals surface area contributed by atoms with E-state index in [0.29, 0.717) is 4.68 Å². The molecule has 0 N–H and O–H groups in total. The van der Waals surface area contributed by atoms with Crippen molar-refractivity contribution in [1.29, 1.82) is 0 Å². The van der Waals surface area contributed by atoms with Gasteiger partial charge in [-0.3, -0.25) is 0 Å². The third-order valence-electron chi connectivity index (χ3n) is 2.35. The summed E-state index contributed by atoms with van der Waals surface area (Å²) in [6.07, 6.45) is 9.53. The summed E-state index contributed by atoms with van der Waals surface area (Å²) in [6, 6.07) is 10.1. The number of benzene rings is 1. The Kier molecular flexibility index (Phi) is 7.70. The zero-order valence-electron chi connectivity index (χ0n) is 10.4. The second kappa shape index (κ2) is 9.21. The summed E-state index contributed by atoms with van der Waals surface area (Å²) < 4.78 is 1.60. The Labute approximate surface area is 110 Å². The molecule has 17 heavy (non-hydrogen) atoms. The van der Waals surface area contributed by atoms with Crippen molar-refractivity contribution in [2.75, 3.05) is 0 Å². The third-order valence-corrected chi connectivity index (χ3v) is 4.32. The van der Waals surface area contributed by atoms with Gasteiger partial charge in [0.1, 0.15) is 0 Å². The summed E-state index contributed by atoms with van der Waals surface area (Å²) in [5.74, 6) is 0. The molecule has 0 radical (unpaired) electrons. The fourth-order valence-corrected chi connectivity index (χ4v) is 3.12. The molecule has 2 heteroatoms.